The molecule has 0 bridgehead atoms. The second kappa shape index (κ2) is 4.52. The molecule has 2 rings (SSSR count). The molecule has 5 heteroatoms. The van der Waals surface area contributed by atoms with Gasteiger partial charge in [0.2, 0.25) is 5.91 Å². The number of nitrogens with zero attached hydrogens (tertiary/aromatic N) is 1. The molecule has 2 aromatic rings. The van der Waals surface area contributed by atoms with Gasteiger partial charge in [0, 0.05) is 12.3 Å². The Morgan fingerprint density at radius 2 is 2.11 bits per heavy atom. The highest BCUT2D eigenvalue weighted by Crippen LogP contribution is 2.28. The van der Waals surface area contributed by atoms with Crippen molar-refractivity contribution in [2.24, 2.45) is 0 Å². The first kappa shape index (κ1) is 12.2. The minimum Gasteiger partial charge on any atom is -0.506 e. The Bertz CT molecular complexity index is 627. The Balaban J connectivity index is 2.56. The van der Waals surface area contributed by atoms with Crippen LogP contribution in [0.2, 0.25) is 0 Å². The Hall–Kier alpha value is -2.30. The number of aromatic hydroxyl groups is 1. The predicted octanol–water partition coefficient (Wildman–Crippen LogP) is 2.18. The van der Waals surface area contributed by atoms with Crippen molar-refractivity contribution >= 4 is 22.8 Å². The second-order valence-corrected chi connectivity index (χ2v) is 3.86. The van der Waals surface area contributed by atoms with Gasteiger partial charge in [-0.05, 0) is 25.1 Å². The second-order valence-electron chi connectivity index (χ2n) is 3.86. The maximum absolute atomic E-state index is 11.6. The Kier molecular flexibility index (Phi) is 3.06. The van der Waals surface area contributed by atoms with Gasteiger partial charge in [-0.25, -0.2) is 4.79 Å². The van der Waals surface area contributed by atoms with E-state index in [0.717, 1.165) is 0 Å². The molecule has 0 fully saturated rings. The summed E-state index contributed by atoms with van der Waals surface area (Å²) in [5.41, 5.74) is 0.911. The zero-order valence-electron chi connectivity index (χ0n) is 10.1. The first-order valence-corrected chi connectivity index (χ1v) is 5.56. The lowest BCUT2D eigenvalue weighted by Crippen LogP contribution is -2.05. The summed E-state index contributed by atoms with van der Waals surface area (Å²) in [5, 5.41) is 10.2. The van der Waals surface area contributed by atoms with Gasteiger partial charge in [0.05, 0.1) is 23.9 Å². The summed E-state index contributed by atoms with van der Waals surface area (Å²) in [6, 6.07) is 4.70. The van der Waals surface area contributed by atoms with Gasteiger partial charge in [-0.3, -0.25) is 9.36 Å². The number of hydrogen-bond donors (Lipinski definition) is 1. The van der Waals surface area contributed by atoms with Crippen molar-refractivity contribution in [2.75, 3.05) is 6.61 Å². The number of carbonyl (C=O) groups excluding carboxylic acids is 2. The van der Waals surface area contributed by atoms with E-state index in [9.17, 15) is 14.7 Å². The van der Waals surface area contributed by atoms with Crippen molar-refractivity contribution in [1.29, 1.82) is 0 Å². The molecule has 1 heterocycles. The lowest BCUT2D eigenvalue weighted by atomic mass is 10.1. The summed E-state index contributed by atoms with van der Waals surface area (Å²) in [5.74, 6) is -0.690. The number of hydrogen-bond acceptors (Lipinski definition) is 4. The molecule has 0 atom stereocenters. The van der Waals surface area contributed by atoms with E-state index in [2.05, 4.69) is 0 Å². The summed E-state index contributed by atoms with van der Waals surface area (Å²) < 4.78 is 6.21. The van der Waals surface area contributed by atoms with Crippen LogP contribution in [0.1, 0.15) is 29.0 Å². The predicted molar refractivity (Wildman–Crippen MR) is 65.9 cm³/mol. The third kappa shape index (κ3) is 1.95. The van der Waals surface area contributed by atoms with Crippen LogP contribution in [0.5, 0.6) is 5.75 Å². The fraction of sp³-hybridized carbons (Fsp3) is 0.231. The molecular formula is C13H13NO4. The van der Waals surface area contributed by atoms with Gasteiger partial charge in [-0.15, -0.1) is 0 Å². The van der Waals surface area contributed by atoms with Crippen LogP contribution < -0.4 is 0 Å². The van der Waals surface area contributed by atoms with E-state index >= 15 is 0 Å². The van der Waals surface area contributed by atoms with Gasteiger partial charge in [0.15, 0.2) is 0 Å². The number of rotatable bonds is 2. The molecule has 0 aliphatic carbocycles. The average Bonchev–Trinajstić information content (AvgIpc) is 2.67. The zero-order chi connectivity index (χ0) is 13.3. The van der Waals surface area contributed by atoms with Gasteiger partial charge < -0.3 is 9.84 Å². The van der Waals surface area contributed by atoms with Gasteiger partial charge in [0.1, 0.15) is 5.75 Å². The maximum Gasteiger partial charge on any atom is 0.338 e. The van der Waals surface area contributed by atoms with Crippen molar-refractivity contribution in [1.82, 2.24) is 4.57 Å². The number of benzene rings is 1. The van der Waals surface area contributed by atoms with E-state index < -0.39 is 5.97 Å². The normalized spacial score (nSPS) is 10.6. The Labute approximate surface area is 104 Å². The van der Waals surface area contributed by atoms with E-state index in [1.807, 2.05) is 0 Å². The van der Waals surface area contributed by atoms with Gasteiger partial charge in [0.25, 0.3) is 0 Å². The highest BCUT2D eigenvalue weighted by molar-refractivity contribution is 6.00. The van der Waals surface area contributed by atoms with E-state index in [1.54, 1.807) is 19.1 Å². The van der Waals surface area contributed by atoms with E-state index in [0.29, 0.717) is 16.5 Å². The molecule has 18 heavy (non-hydrogen) atoms. The largest absolute Gasteiger partial charge is 0.506 e. The molecule has 1 aromatic carbocycles. The fourth-order valence-corrected chi connectivity index (χ4v) is 1.81. The van der Waals surface area contributed by atoms with Crippen molar-refractivity contribution in [3.05, 3.63) is 30.0 Å². The van der Waals surface area contributed by atoms with Gasteiger partial charge in [-0.2, -0.15) is 0 Å². The summed E-state index contributed by atoms with van der Waals surface area (Å²) >= 11 is 0. The van der Waals surface area contributed by atoms with Crippen LogP contribution in [0, 0.1) is 0 Å². The van der Waals surface area contributed by atoms with Crippen LogP contribution in [0.25, 0.3) is 10.9 Å². The highest BCUT2D eigenvalue weighted by Gasteiger charge is 2.14. The molecular weight excluding hydrogens is 234 g/mol. The lowest BCUT2D eigenvalue weighted by molar-refractivity contribution is 0.0526. The van der Waals surface area contributed by atoms with Gasteiger partial charge >= 0.3 is 5.97 Å². The van der Waals surface area contributed by atoms with Crippen molar-refractivity contribution in [3.63, 3.8) is 0 Å². The summed E-state index contributed by atoms with van der Waals surface area (Å²) in [4.78, 5) is 22.9. The van der Waals surface area contributed by atoms with E-state index in [-0.39, 0.29) is 18.3 Å². The van der Waals surface area contributed by atoms with E-state index in [4.69, 9.17) is 4.74 Å². The van der Waals surface area contributed by atoms with Crippen LogP contribution in [0.3, 0.4) is 0 Å². The Morgan fingerprint density at radius 1 is 1.39 bits per heavy atom. The number of ether oxygens (including phenoxy) is 1. The summed E-state index contributed by atoms with van der Waals surface area (Å²) in [7, 11) is 0. The SMILES string of the molecule is CCOC(=O)c1ccc2c(c1)c(O)cn2C(C)=O. The summed E-state index contributed by atoms with van der Waals surface area (Å²) in [6.45, 7) is 3.41. The standard InChI is InChI=1S/C13H13NO4/c1-3-18-13(17)9-4-5-11-10(6-9)12(16)7-14(11)8(2)15/h4-7,16H,3H2,1-2H3. The summed E-state index contributed by atoms with van der Waals surface area (Å²) in [6.07, 6.45) is 1.34. The third-order valence-electron chi connectivity index (χ3n) is 2.63. The topological polar surface area (TPSA) is 68.5 Å². The number of fused-ring (bicyclic) bond motifs is 1. The van der Waals surface area contributed by atoms with Gasteiger partial charge in [-0.1, -0.05) is 0 Å². The van der Waals surface area contributed by atoms with Crippen LogP contribution in [-0.2, 0) is 4.74 Å². The third-order valence-corrected chi connectivity index (χ3v) is 2.63. The monoisotopic (exact) mass is 247 g/mol. The van der Waals surface area contributed by atoms with Crippen LogP contribution in [0.4, 0.5) is 0 Å². The molecule has 94 valence electrons. The number of aromatic nitrogens is 1. The van der Waals surface area contributed by atoms with Crippen LogP contribution >= 0.6 is 0 Å². The molecule has 0 unspecified atom stereocenters. The zero-order valence-corrected chi connectivity index (χ0v) is 10.1. The first-order chi connectivity index (χ1) is 8.54. The van der Waals surface area contributed by atoms with Crippen LogP contribution in [0.15, 0.2) is 24.4 Å². The minimum absolute atomic E-state index is 0.0358. The average molecular weight is 247 g/mol. The molecule has 0 radical (unpaired) electrons. The molecule has 1 aromatic heterocycles. The van der Waals surface area contributed by atoms with Crippen molar-refractivity contribution in [2.45, 2.75) is 13.8 Å². The molecule has 0 saturated heterocycles. The molecule has 0 aliphatic heterocycles. The van der Waals surface area contributed by atoms with E-state index in [1.165, 1.54) is 23.8 Å². The molecule has 5 nitrogen and oxygen atoms in total. The molecule has 0 amide bonds. The first-order valence-electron chi connectivity index (χ1n) is 5.56. The fourth-order valence-electron chi connectivity index (χ4n) is 1.81. The van der Waals surface area contributed by atoms with Crippen molar-refractivity contribution in [3.8, 4) is 5.75 Å². The minimum atomic E-state index is -0.450. The number of esters is 1. The quantitative estimate of drug-likeness (QED) is 0.826. The van der Waals surface area contributed by atoms with Crippen LogP contribution in [-0.4, -0.2) is 28.2 Å². The smallest absolute Gasteiger partial charge is 0.338 e. The highest BCUT2D eigenvalue weighted by atomic mass is 16.5. The maximum atomic E-state index is 11.6. The molecule has 0 aliphatic rings. The molecule has 0 spiro atoms. The number of carbonyl (C=O) groups is 2. The molecule has 1 N–H and O–H groups in total. The Morgan fingerprint density at radius 3 is 2.72 bits per heavy atom. The van der Waals surface area contributed by atoms with Crippen molar-refractivity contribution < 1.29 is 19.4 Å². The molecule has 0 saturated carbocycles. The lowest BCUT2D eigenvalue weighted by Gasteiger charge is -2.03.